The van der Waals surface area contributed by atoms with Gasteiger partial charge in [-0.05, 0) is 33.4 Å². The molecule has 16 heavy (non-hydrogen) atoms. The summed E-state index contributed by atoms with van der Waals surface area (Å²) in [6.07, 6.45) is 0.936. The smallest absolute Gasteiger partial charge is 0.240 e. The zero-order valence-corrected chi connectivity index (χ0v) is 11.2. The van der Waals surface area contributed by atoms with Gasteiger partial charge in [0.1, 0.15) is 0 Å². The molecule has 1 heterocycles. The first-order valence-corrected chi connectivity index (χ1v) is 6.10. The fraction of sp³-hybridized carbons (Fsp3) is 0.917. The van der Waals surface area contributed by atoms with E-state index in [0.717, 1.165) is 13.0 Å². The van der Waals surface area contributed by atoms with Crippen LogP contribution in [0.5, 0.6) is 0 Å². The average molecular weight is 227 g/mol. The maximum absolute atomic E-state index is 12.0. The van der Waals surface area contributed by atoms with E-state index >= 15 is 0 Å². The maximum Gasteiger partial charge on any atom is 0.240 e. The van der Waals surface area contributed by atoms with Crippen LogP contribution >= 0.6 is 0 Å². The van der Waals surface area contributed by atoms with Gasteiger partial charge < -0.3 is 9.80 Å². The largest absolute Gasteiger partial charge is 0.327 e. The van der Waals surface area contributed by atoms with E-state index in [-0.39, 0.29) is 11.9 Å². The van der Waals surface area contributed by atoms with Gasteiger partial charge in [0, 0.05) is 12.6 Å². The van der Waals surface area contributed by atoms with Crippen molar-refractivity contribution in [1.82, 2.24) is 15.1 Å². The lowest BCUT2D eigenvalue weighted by Gasteiger charge is -2.25. The summed E-state index contributed by atoms with van der Waals surface area (Å²) in [5.41, 5.74) is 0. The van der Waals surface area contributed by atoms with Gasteiger partial charge in [0.15, 0.2) is 0 Å². The van der Waals surface area contributed by atoms with Crippen molar-refractivity contribution in [3.8, 4) is 0 Å². The van der Waals surface area contributed by atoms with Crippen LogP contribution in [0.15, 0.2) is 0 Å². The zero-order chi connectivity index (χ0) is 12.3. The number of nitrogens with one attached hydrogen (secondary N) is 1. The van der Waals surface area contributed by atoms with E-state index in [2.05, 4.69) is 31.0 Å². The summed E-state index contributed by atoms with van der Waals surface area (Å²) in [5, 5.41) is 3.29. The zero-order valence-electron chi connectivity index (χ0n) is 11.2. The first kappa shape index (κ1) is 13.5. The van der Waals surface area contributed by atoms with Crippen LogP contribution in [0.25, 0.3) is 0 Å². The van der Waals surface area contributed by atoms with Gasteiger partial charge in [0.25, 0.3) is 0 Å². The van der Waals surface area contributed by atoms with E-state index in [9.17, 15) is 4.79 Å². The topological polar surface area (TPSA) is 35.6 Å². The Kier molecular flexibility index (Phi) is 4.74. The van der Waals surface area contributed by atoms with Crippen molar-refractivity contribution in [3.63, 3.8) is 0 Å². The molecule has 0 aliphatic carbocycles. The third-order valence-electron chi connectivity index (χ3n) is 3.21. The van der Waals surface area contributed by atoms with E-state index in [1.807, 2.05) is 19.0 Å². The molecule has 4 nitrogen and oxygen atoms in total. The molecule has 4 heteroatoms. The molecule has 1 amide bonds. The average Bonchev–Trinajstić information content (AvgIpc) is 2.49. The molecule has 2 atom stereocenters. The molecule has 94 valence electrons. The van der Waals surface area contributed by atoms with E-state index in [1.54, 1.807) is 0 Å². The third kappa shape index (κ3) is 3.46. The van der Waals surface area contributed by atoms with Crippen LogP contribution in [-0.2, 0) is 4.79 Å². The molecule has 1 fully saturated rings. The fourth-order valence-electron chi connectivity index (χ4n) is 1.90. The molecule has 0 bridgehead atoms. The Hall–Kier alpha value is -0.610. The molecule has 1 aliphatic heterocycles. The fourth-order valence-corrected chi connectivity index (χ4v) is 1.90. The van der Waals surface area contributed by atoms with Gasteiger partial charge in [-0.1, -0.05) is 13.8 Å². The normalized spacial score (nSPS) is 23.6. The third-order valence-corrected chi connectivity index (χ3v) is 3.21. The van der Waals surface area contributed by atoms with Crippen LogP contribution in [0.3, 0.4) is 0 Å². The molecule has 0 aromatic rings. The summed E-state index contributed by atoms with van der Waals surface area (Å²) < 4.78 is 0. The Morgan fingerprint density at radius 3 is 2.56 bits per heavy atom. The Morgan fingerprint density at radius 1 is 1.44 bits per heavy atom. The van der Waals surface area contributed by atoms with Gasteiger partial charge in [-0.3, -0.25) is 10.1 Å². The van der Waals surface area contributed by atoms with Crippen molar-refractivity contribution >= 4 is 5.91 Å². The molecule has 0 spiro atoms. The van der Waals surface area contributed by atoms with Gasteiger partial charge >= 0.3 is 0 Å². The molecule has 0 aromatic heterocycles. The second-order valence-corrected chi connectivity index (χ2v) is 5.42. The predicted octanol–water partition coefficient (Wildman–Crippen LogP) is 0.741. The molecule has 1 saturated heterocycles. The van der Waals surface area contributed by atoms with Crippen LogP contribution in [0.1, 0.15) is 27.2 Å². The first-order chi connectivity index (χ1) is 7.41. The van der Waals surface area contributed by atoms with Crippen molar-refractivity contribution in [1.29, 1.82) is 0 Å². The van der Waals surface area contributed by atoms with Crippen molar-refractivity contribution in [2.45, 2.75) is 39.3 Å². The second-order valence-electron chi connectivity index (χ2n) is 5.42. The maximum atomic E-state index is 12.0. The van der Waals surface area contributed by atoms with Crippen molar-refractivity contribution in [2.75, 3.05) is 27.3 Å². The first-order valence-electron chi connectivity index (χ1n) is 6.10. The number of hydrogen-bond donors (Lipinski definition) is 1. The summed E-state index contributed by atoms with van der Waals surface area (Å²) in [6.45, 7) is 7.96. The lowest BCUT2D eigenvalue weighted by molar-refractivity contribution is -0.129. The number of rotatable bonds is 5. The van der Waals surface area contributed by atoms with Crippen molar-refractivity contribution in [3.05, 3.63) is 0 Å². The van der Waals surface area contributed by atoms with E-state index in [1.165, 1.54) is 0 Å². The molecule has 0 radical (unpaired) electrons. The highest BCUT2D eigenvalue weighted by Gasteiger charge is 2.31. The lowest BCUT2D eigenvalue weighted by Crippen LogP contribution is -2.40. The molecule has 1 aliphatic rings. The van der Waals surface area contributed by atoms with E-state index in [0.29, 0.717) is 18.6 Å². The SMILES string of the molecule is CC(C)CC1NCN(CC(C)N(C)C)C1=O. The molecular weight excluding hydrogens is 202 g/mol. The summed E-state index contributed by atoms with van der Waals surface area (Å²) >= 11 is 0. The van der Waals surface area contributed by atoms with Gasteiger partial charge in [0.05, 0.1) is 12.7 Å². The van der Waals surface area contributed by atoms with Gasteiger partial charge in [-0.15, -0.1) is 0 Å². The minimum absolute atomic E-state index is 0.0364. The lowest BCUT2D eigenvalue weighted by atomic mass is 10.0. The highest BCUT2D eigenvalue weighted by Crippen LogP contribution is 2.13. The van der Waals surface area contributed by atoms with Gasteiger partial charge in [-0.2, -0.15) is 0 Å². The predicted molar refractivity (Wildman–Crippen MR) is 66.1 cm³/mol. The van der Waals surface area contributed by atoms with Crippen molar-refractivity contribution in [2.24, 2.45) is 5.92 Å². The molecule has 0 aromatic carbocycles. The second kappa shape index (κ2) is 5.64. The number of carbonyl (C=O) groups is 1. The molecule has 2 unspecified atom stereocenters. The molecule has 1 N–H and O–H groups in total. The van der Waals surface area contributed by atoms with Crippen LogP contribution in [0.4, 0.5) is 0 Å². The van der Waals surface area contributed by atoms with E-state index in [4.69, 9.17) is 0 Å². The van der Waals surface area contributed by atoms with Gasteiger partial charge in [-0.25, -0.2) is 0 Å². The summed E-state index contributed by atoms with van der Waals surface area (Å²) in [7, 11) is 4.09. The number of amides is 1. The quantitative estimate of drug-likeness (QED) is 0.752. The summed E-state index contributed by atoms with van der Waals surface area (Å²) in [5.74, 6) is 0.829. The van der Waals surface area contributed by atoms with Crippen LogP contribution < -0.4 is 5.32 Å². The highest BCUT2D eigenvalue weighted by atomic mass is 16.2. The number of nitrogens with zero attached hydrogens (tertiary/aromatic N) is 2. The Labute approximate surface area is 99.0 Å². The van der Waals surface area contributed by atoms with Crippen molar-refractivity contribution < 1.29 is 4.79 Å². The van der Waals surface area contributed by atoms with Gasteiger partial charge in [0.2, 0.25) is 5.91 Å². The minimum atomic E-state index is 0.0364. The van der Waals surface area contributed by atoms with Crippen LogP contribution in [0, 0.1) is 5.92 Å². The summed E-state index contributed by atoms with van der Waals surface area (Å²) in [4.78, 5) is 16.1. The molecular formula is C12H25N3O. The number of likely N-dealkylation sites (N-methyl/N-ethyl adjacent to an activating group) is 1. The summed E-state index contributed by atoms with van der Waals surface area (Å²) in [6, 6.07) is 0.443. The van der Waals surface area contributed by atoms with Crippen LogP contribution in [0.2, 0.25) is 0 Å². The Balaban J connectivity index is 2.45. The molecule has 0 saturated carbocycles. The molecule has 1 rings (SSSR count). The standard InChI is InChI=1S/C12H25N3O/c1-9(2)6-11-12(16)15(8-13-11)7-10(3)14(4)5/h9-11,13H,6-8H2,1-5H3. The highest BCUT2D eigenvalue weighted by molar-refractivity contribution is 5.83. The minimum Gasteiger partial charge on any atom is -0.327 e. The number of hydrogen-bond acceptors (Lipinski definition) is 3. The Bertz CT molecular complexity index is 240. The monoisotopic (exact) mass is 227 g/mol. The van der Waals surface area contributed by atoms with E-state index < -0.39 is 0 Å². The van der Waals surface area contributed by atoms with Crippen LogP contribution in [-0.4, -0.2) is 55.1 Å². The number of carbonyl (C=O) groups excluding carboxylic acids is 1. The Morgan fingerprint density at radius 2 is 2.06 bits per heavy atom.